The van der Waals surface area contributed by atoms with Crippen molar-refractivity contribution in [2.75, 3.05) is 0 Å². The maximum atomic E-state index is 12.2. The summed E-state index contributed by atoms with van der Waals surface area (Å²) < 4.78 is 0. The number of hydrogen-bond donors (Lipinski definition) is 3. The van der Waals surface area contributed by atoms with Crippen LogP contribution < -0.4 is 10.6 Å². The van der Waals surface area contributed by atoms with Crippen molar-refractivity contribution in [3.63, 3.8) is 0 Å². The average molecular weight is 343 g/mol. The lowest BCUT2D eigenvalue weighted by molar-refractivity contribution is -0.125. The molecule has 2 amide bonds. The number of rotatable bonds is 5. The van der Waals surface area contributed by atoms with E-state index in [4.69, 9.17) is 29.6 Å². The SMILES string of the molecule is C#C[C@H](C)NC(=O)[C@@H](NC(=O)c1cc(Cl)ccc1Cl)[C@H](C)O. The van der Waals surface area contributed by atoms with Gasteiger partial charge in [-0.1, -0.05) is 29.1 Å². The van der Waals surface area contributed by atoms with Crippen molar-refractivity contribution >= 4 is 35.0 Å². The number of carbonyl (C=O) groups is 2. The zero-order valence-electron chi connectivity index (χ0n) is 12.1. The average Bonchev–Trinajstić information content (AvgIpc) is 2.46. The third-order valence-electron chi connectivity index (χ3n) is 2.83. The van der Waals surface area contributed by atoms with Crippen LogP contribution >= 0.6 is 23.2 Å². The lowest BCUT2D eigenvalue weighted by Crippen LogP contribution is -2.53. The molecule has 0 bridgehead atoms. The molecule has 0 saturated carbocycles. The molecular weight excluding hydrogens is 327 g/mol. The van der Waals surface area contributed by atoms with Crippen molar-refractivity contribution in [3.05, 3.63) is 33.8 Å². The molecule has 3 atom stereocenters. The number of nitrogens with one attached hydrogen (secondary N) is 2. The summed E-state index contributed by atoms with van der Waals surface area (Å²) in [5.41, 5.74) is 0.109. The number of amides is 2. The Morgan fingerprint density at radius 2 is 1.91 bits per heavy atom. The fraction of sp³-hybridized carbons (Fsp3) is 0.333. The van der Waals surface area contributed by atoms with E-state index in [-0.39, 0.29) is 10.6 Å². The van der Waals surface area contributed by atoms with Gasteiger partial charge in [-0.15, -0.1) is 6.42 Å². The van der Waals surface area contributed by atoms with E-state index in [0.29, 0.717) is 5.02 Å². The molecule has 22 heavy (non-hydrogen) atoms. The van der Waals surface area contributed by atoms with Gasteiger partial charge in [0, 0.05) is 5.02 Å². The Morgan fingerprint density at radius 3 is 2.45 bits per heavy atom. The van der Waals surface area contributed by atoms with Crippen LogP contribution in [0.25, 0.3) is 0 Å². The highest BCUT2D eigenvalue weighted by Crippen LogP contribution is 2.20. The van der Waals surface area contributed by atoms with Gasteiger partial charge in [0.05, 0.1) is 22.7 Å². The van der Waals surface area contributed by atoms with E-state index in [1.165, 1.54) is 25.1 Å². The van der Waals surface area contributed by atoms with Crippen molar-refractivity contribution in [3.8, 4) is 12.3 Å². The van der Waals surface area contributed by atoms with Crippen LogP contribution in [0.15, 0.2) is 18.2 Å². The zero-order valence-corrected chi connectivity index (χ0v) is 13.6. The fourth-order valence-corrected chi connectivity index (χ4v) is 2.02. The van der Waals surface area contributed by atoms with Gasteiger partial charge < -0.3 is 15.7 Å². The Hall–Kier alpha value is -1.74. The van der Waals surface area contributed by atoms with Crippen LogP contribution in [0.2, 0.25) is 10.0 Å². The first-order valence-corrected chi connectivity index (χ1v) is 7.22. The molecule has 1 rings (SSSR count). The summed E-state index contributed by atoms with van der Waals surface area (Å²) in [7, 11) is 0. The summed E-state index contributed by atoms with van der Waals surface area (Å²) in [6.07, 6.45) is 4.06. The monoisotopic (exact) mass is 342 g/mol. The van der Waals surface area contributed by atoms with Crippen molar-refractivity contribution in [2.45, 2.75) is 32.0 Å². The summed E-state index contributed by atoms with van der Waals surface area (Å²) in [5, 5.41) is 15.1. The molecule has 0 saturated heterocycles. The molecule has 0 fully saturated rings. The lowest BCUT2D eigenvalue weighted by Gasteiger charge is -2.22. The molecular formula is C15H16Cl2N2O3. The number of halogens is 2. The van der Waals surface area contributed by atoms with Crippen LogP contribution in [0.1, 0.15) is 24.2 Å². The quantitative estimate of drug-likeness (QED) is 0.711. The summed E-state index contributed by atoms with van der Waals surface area (Å²) in [4.78, 5) is 24.2. The Morgan fingerprint density at radius 1 is 1.27 bits per heavy atom. The minimum atomic E-state index is -1.17. The third-order valence-corrected chi connectivity index (χ3v) is 3.40. The van der Waals surface area contributed by atoms with Crippen molar-refractivity contribution in [2.24, 2.45) is 0 Å². The molecule has 0 spiro atoms. The van der Waals surface area contributed by atoms with Gasteiger partial charge in [-0.25, -0.2) is 0 Å². The molecule has 7 heteroatoms. The molecule has 118 valence electrons. The summed E-state index contributed by atoms with van der Waals surface area (Å²) in [6.45, 7) is 2.98. The highest BCUT2D eigenvalue weighted by Gasteiger charge is 2.27. The maximum absolute atomic E-state index is 12.2. The number of hydrogen-bond acceptors (Lipinski definition) is 3. The maximum Gasteiger partial charge on any atom is 0.253 e. The highest BCUT2D eigenvalue weighted by atomic mass is 35.5. The van der Waals surface area contributed by atoms with E-state index in [1.807, 2.05) is 0 Å². The van der Waals surface area contributed by atoms with Crippen LogP contribution in [0.5, 0.6) is 0 Å². The summed E-state index contributed by atoms with van der Waals surface area (Å²) >= 11 is 11.8. The normalized spacial score (nSPS) is 14.4. The van der Waals surface area contributed by atoms with E-state index in [0.717, 1.165) is 0 Å². The van der Waals surface area contributed by atoms with Gasteiger partial charge in [-0.05, 0) is 32.0 Å². The predicted molar refractivity (Wildman–Crippen MR) is 85.8 cm³/mol. The molecule has 1 aromatic carbocycles. The van der Waals surface area contributed by atoms with Gasteiger partial charge in [0.15, 0.2) is 0 Å². The molecule has 0 heterocycles. The van der Waals surface area contributed by atoms with Gasteiger partial charge in [0.2, 0.25) is 5.91 Å². The Labute approximate surface area is 139 Å². The molecule has 0 aliphatic carbocycles. The van der Waals surface area contributed by atoms with E-state index in [1.54, 1.807) is 6.92 Å². The minimum Gasteiger partial charge on any atom is -0.391 e. The Bertz CT molecular complexity index is 611. The molecule has 5 nitrogen and oxygen atoms in total. The standard InChI is InChI=1S/C15H16Cl2N2O3/c1-4-8(2)18-15(22)13(9(3)20)19-14(21)11-7-10(16)5-6-12(11)17/h1,5-9,13,20H,2-3H3,(H,18,22)(H,19,21)/t8-,9-,13-/m0/s1. The highest BCUT2D eigenvalue weighted by molar-refractivity contribution is 6.35. The van der Waals surface area contributed by atoms with Gasteiger partial charge in [-0.3, -0.25) is 9.59 Å². The third kappa shape index (κ3) is 4.92. The number of aliphatic hydroxyl groups is 1. The molecule has 3 N–H and O–H groups in total. The molecule has 1 aromatic rings. The number of aliphatic hydroxyl groups excluding tert-OH is 1. The second kappa shape index (κ2) is 8.04. The van der Waals surface area contributed by atoms with E-state index in [2.05, 4.69) is 16.6 Å². The molecule has 0 aromatic heterocycles. The number of terminal acetylenes is 1. The minimum absolute atomic E-state index is 0.109. The second-order valence-corrected chi connectivity index (χ2v) is 5.56. The topological polar surface area (TPSA) is 78.4 Å². The lowest BCUT2D eigenvalue weighted by atomic mass is 10.1. The van der Waals surface area contributed by atoms with E-state index >= 15 is 0 Å². The smallest absolute Gasteiger partial charge is 0.253 e. The Kier molecular flexibility index (Phi) is 6.69. The number of benzene rings is 1. The van der Waals surface area contributed by atoms with Crippen LogP contribution in [-0.4, -0.2) is 35.1 Å². The molecule has 0 aliphatic rings. The summed E-state index contributed by atoms with van der Waals surface area (Å²) in [6, 6.07) is 2.68. The van der Waals surface area contributed by atoms with Crippen LogP contribution in [0, 0.1) is 12.3 Å². The van der Waals surface area contributed by atoms with E-state index < -0.39 is 30.0 Å². The fourth-order valence-electron chi connectivity index (χ4n) is 1.64. The largest absolute Gasteiger partial charge is 0.391 e. The van der Waals surface area contributed by atoms with Gasteiger partial charge in [0.25, 0.3) is 5.91 Å². The van der Waals surface area contributed by atoms with E-state index in [9.17, 15) is 14.7 Å². The number of carbonyl (C=O) groups excluding carboxylic acids is 2. The van der Waals surface area contributed by atoms with Crippen molar-refractivity contribution in [1.82, 2.24) is 10.6 Å². The van der Waals surface area contributed by atoms with Crippen LogP contribution in [0.4, 0.5) is 0 Å². The zero-order chi connectivity index (χ0) is 16.9. The first kappa shape index (κ1) is 18.3. The van der Waals surface area contributed by atoms with Crippen LogP contribution in [-0.2, 0) is 4.79 Å². The molecule has 0 unspecified atom stereocenters. The van der Waals surface area contributed by atoms with Gasteiger partial charge in [0.1, 0.15) is 6.04 Å². The summed E-state index contributed by atoms with van der Waals surface area (Å²) in [5.74, 6) is 1.11. The Balaban J connectivity index is 2.91. The molecule has 0 aliphatic heterocycles. The first-order chi connectivity index (χ1) is 10.3. The first-order valence-electron chi connectivity index (χ1n) is 6.46. The van der Waals surface area contributed by atoms with Gasteiger partial charge in [-0.2, -0.15) is 0 Å². The van der Waals surface area contributed by atoms with Crippen LogP contribution in [0.3, 0.4) is 0 Å². The molecule has 0 radical (unpaired) electrons. The second-order valence-electron chi connectivity index (χ2n) is 4.71. The predicted octanol–water partition coefficient (Wildman–Crippen LogP) is 1.61. The van der Waals surface area contributed by atoms with Crippen molar-refractivity contribution < 1.29 is 14.7 Å². The van der Waals surface area contributed by atoms with Crippen molar-refractivity contribution in [1.29, 1.82) is 0 Å². The van der Waals surface area contributed by atoms with Gasteiger partial charge >= 0.3 is 0 Å².